The van der Waals surface area contributed by atoms with Crippen LogP contribution in [-0.4, -0.2) is 76.0 Å². The van der Waals surface area contributed by atoms with E-state index in [2.05, 4.69) is 20.4 Å². The molecule has 1 unspecified atom stereocenters. The predicted molar refractivity (Wildman–Crippen MR) is 97.3 cm³/mol. The van der Waals surface area contributed by atoms with Gasteiger partial charge in [-0.15, -0.1) is 17.5 Å². The minimum Gasteiger partial charge on any atom is -0.336 e. The van der Waals surface area contributed by atoms with Crippen molar-refractivity contribution in [3.63, 3.8) is 0 Å². The Kier molecular flexibility index (Phi) is 5.85. The number of aromatic nitrogens is 3. The van der Waals surface area contributed by atoms with Gasteiger partial charge in [0, 0.05) is 45.3 Å². The van der Waals surface area contributed by atoms with E-state index < -0.39 is 0 Å². The zero-order valence-electron chi connectivity index (χ0n) is 14.3. The molecule has 7 nitrogen and oxygen atoms in total. The molecule has 1 amide bonds. The lowest BCUT2D eigenvalue weighted by Gasteiger charge is -2.32. The summed E-state index contributed by atoms with van der Waals surface area (Å²) < 4.78 is 13.0. The van der Waals surface area contributed by atoms with E-state index in [1.807, 2.05) is 4.90 Å². The van der Waals surface area contributed by atoms with E-state index in [1.165, 1.54) is 23.1 Å². The average molecular weight is 381 g/mol. The average Bonchev–Trinajstić information content (AvgIpc) is 3.33. The van der Waals surface area contributed by atoms with Crippen LogP contribution < -0.4 is 5.32 Å². The quantitative estimate of drug-likeness (QED) is 0.858. The number of hydrogen-bond acceptors (Lipinski definition) is 5. The molecule has 4 rings (SSSR count). The van der Waals surface area contributed by atoms with Gasteiger partial charge in [-0.05, 0) is 30.7 Å². The van der Waals surface area contributed by atoms with Gasteiger partial charge in [0.1, 0.15) is 5.82 Å². The number of benzene rings is 1. The van der Waals surface area contributed by atoms with Gasteiger partial charge in [0.2, 0.25) is 0 Å². The maximum Gasteiger partial charge on any atom is 0.276 e. The van der Waals surface area contributed by atoms with Crippen molar-refractivity contribution in [2.45, 2.75) is 12.5 Å². The SMILES string of the molecule is Cl.O=C(c1cnn(-c2ccc(F)cc2)n1)N1CCC(N2CCNCC2)C1. The Hall–Kier alpha value is -2.03. The second kappa shape index (κ2) is 8.11. The van der Waals surface area contributed by atoms with Crippen LogP contribution in [0.15, 0.2) is 30.5 Å². The van der Waals surface area contributed by atoms with Crippen molar-refractivity contribution >= 4 is 18.3 Å². The number of carbonyl (C=O) groups is 1. The maximum atomic E-state index is 13.0. The number of likely N-dealkylation sites (tertiary alicyclic amines) is 1. The summed E-state index contributed by atoms with van der Waals surface area (Å²) in [5, 5.41) is 11.7. The first-order valence-corrected chi connectivity index (χ1v) is 8.63. The van der Waals surface area contributed by atoms with Crippen molar-refractivity contribution in [2.24, 2.45) is 0 Å². The highest BCUT2D eigenvalue weighted by Crippen LogP contribution is 2.18. The third kappa shape index (κ3) is 3.87. The number of amides is 1. The van der Waals surface area contributed by atoms with Gasteiger partial charge in [-0.25, -0.2) is 4.39 Å². The molecule has 1 aromatic heterocycles. The number of nitrogens with zero attached hydrogens (tertiary/aromatic N) is 5. The van der Waals surface area contributed by atoms with Crippen molar-refractivity contribution in [1.29, 1.82) is 0 Å². The molecule has 1 aromatic carbocycles. The van der Waals surface area contributed by atoms with Crippen LogP contribution in [0.4, 0.5) is 4.39 Å². The Morgan fingerprint density at radius 3 is 2.62 bits per heavy atom. The molecular formula is C17H22ClFN6O. The minimum absolute atomic E-state index is 0. The Labute approximate surface area is 157 Å². The molecule has 2 aliphatic rings. The standard InChI is InChI=1S/C17H21FN6O.ClH/c18-13-1-3-14(4-2-13)24-20-11-16(21-24)17(25)23-8-5-15(12-23)22-9-6-19-7-10-22;/h1-4,11,15,19H,5-10,12H2;1H. The molecule has 0 spiro atoms. The van der Waals surface area contributed by atoms with Gasteiger partial charge >= 0.3 is 0 Å². The Balaban J connectivity index is 0.00000196. The van der Waals surface area contributed by atoms with Crippen LogP contribution in [0.1, 0.15) is 16.9 Å². The fourth-order valence-electron chi connectivity index (χ4n) is 3.49. The molecule has 2 fully saturated rings. The van der Waals surface area contributed by atoms with E-state index in [-0.39, 0.29) is 24.1 Å². The first kappa shape index (κ1) is 18.8. The molecule has 1 N–H and O–H groups in total. The van der Waals surface area contributed by atoms with Gasteiger partial charge in [-0.2, -0.15) is 9.90 Å². The number of piperazine rings is 1. The van der Waals surface area contributed by atoms with Gasteiger partial charge in [-0.3, -0.25) is 9.69 Å². The maximum absolute atomic E-state index is 13.0. The highest BCUT2D eigenvalue weighted by Gasteiger charge is 2.32. The second-order valence-electron chi connectivity index (χ2n) is 6.48. The van der Waals surface area contributed by atoms with Crippen molar-refractivity contribution in [1.82, 2.24) is 30.1 Å². The van der Waals surface area contributed by atoms with Crippen LogP contribution in [0.25, 0.3) is 5.69 Å². The highest BCUT2D eigenvalue weighted by molar-refractivity contribution is 5.92. The smallest absolute Gasteiger partial charge is 0.276 e. The lowest BCUT2D eigenvalue weighted by Crippen LogP contribution is -2.49. The third-order valence-corrected chi connectivity index (χ3v) is 4.89. The molecule has 3 heterocycles. The molecule has 0 radical (unpaired) electrons. The van der Waals surface area contributed by atoms with Crippen LogP contribution in [0, 0.1) is 5.82 Å². The van der Waals surface area contributed by atoms with Crippen LogP contribution in [0.5, 0.6) is 0 Å². The monoisotopic (exact) mass is 380 g/mol. The Morgan fingerprint density at radius 1 is 1.15 bits per heavy atom. The summed E-state index contributed by atoms with van der Waals surface area (Å²) in [6, 6.07) is 6.29. The van der Waals surface area contributed by atoms with Crippen LogP contribution >= 0.6 is 12.4 Å². The van der Waals surface area contributed by atoms with E-state index in [9.17, 15) is 9.18 Å². The molecule has 0 aliphatic carbocycles. The Bertz CT molecular complexity index is 746. The molecule has 26 heavy (non-hydrogen) atoms. The first-order chi connectivity index (χ1) is 12.2. The van der Waals surface area contributed by atoms with Crippen LogP contribution in [0.2, 0.25) is 0 Å². The summed E-state index contributed by atoms with van der Waals surface area (Å²) in [4.78, 5) is 18.4. The summed E-state index contributed by atoms with van der Waals surface area (Å²) in [5.41, 5.74) is 0.950. The van der Waals surface area contributed by atoms with Gasteiger partial charge in [0.05, 0.1) is 11.9 Å². The van der Waals surface area contributed by atoms with E-state index in [1.54, 1.807) is 12.1 Å². The molecule has 2 aromatic rings. The largest absolute Gasteiger partial charge is 0.336 e. The number of nitrogens with one attached hydrogen (secondary N) is 1. The summed E-state index contributed by atoms with van der Waals surface area (Å²) in [5.74, 6) is -0.408. The second-order valence-corrected chi connectivity index (χ2v) is 6.48. The van der Waals surface area contributed by atoms with E-state index >= 15 is 0 Å². The van der Waals surface area contributed by atoms with Crippen LogP contribution in [-0.2, 0) is 0 Å². The molecule has 140 valence electrons. The van der Waals surface area contributed by atoms with Gasteiger partial charge in [0.25, 0.3) is 5.91 Å². The zero-order valence-corrected chi connectivity index (χ0v) is 15.2. The summed E-state index contributed by atoms with van der Waals surface area (Å²) >= 11 is 0. The van der Waals surface area contributed by atoms with Gasteiger partial charge in [0.15, 0.2) is 5.69 Å². The number of carbonyl (C=O) groups excluding carboxylic acids is 1. The zero-order chi connectivity index (χ0) is 17.2. The van der Waals surface area contributed by atoms with E-state index in [4.69, 9.17) is 0 Å². The van der Waals surface area contributed by atoms with Crippen molar-refractivity contribution in [3.05, 3.63) is 42.0 Å². The van der Waals surface area contributed by atoms with Crippen LogP contribution in [0.3, 0.4) is 0 Å². The molecular weight excluding hydrogens is 359 g/mol. The molecule has 9 heteroatoms. The van der Waals surface area contributed by atoms with Crippen molar-refractivity contribution in [3.8, 4) is 5.69 Å². The summed E-state index contributed by atoms with van der Waals surface area (Å²) in [6.07, 6.45) is 2.47. The molecule has 0 saturated carbocycles. The van der Waals surface area contributed by atoms with Crippen molar-refractivity contribution in [2.75, 3.05) is 39.3 Å². The molecule has 0 bridgehead atoms. The number of hydrogen-bond donors (Lipinski definition) is 1. The van der Waals surface area contributed by atoms with Crippen molar-refractivity contribution < 1.29 is 9.18 Å². The highest BCUT2D eigenvalue weighted by atomic mass is 35.5. The fourth-order valence-corrected chi connectivity index (χ4v) is 3.49. The Morgan fingerprint density at radius 2 is 1.88 bits per heavy atom. The molecule has 1 atom stereocenters. The minimum atomic E-state index is -0.316. The van der Waals surface area contributed by atoms with E-state index in [0.717, 1.165) is 45.7 Å². The fraction of sp³-hybridized carbons (Fsp3) is 0.471. The summed E-state index contributed by atoms with van der Waals surface area (Å²) in [6.45, 7) is 5.58. The normalized spacial score (nSPS) is 20.8. The number of rotatable bonds is 3. The van der Waals surface area contributed by atoms with E-state index in [0.29, 0.717) is 17.4 Å². The third-order valence-electron chi connectivity index (χ3n) is 4.89. The lowest BCUT2D eigenvalue weighted by atomic mass is 10.2. The lowest BCUT2D eigenvalue weighted by molar-refractivity contribution is 0.0767. The van der Waals surface area contributed by atoms with Gasteiger partial charge in [-0.1, -0.05) is 0 Å². The summed E-state index contributed by atoms with van der Waals surface area (Å²) in [7, 11) is 0. The molecule has 2 saturated heterocycles. The number of halogens is 2. The van der Waals surface area contributed by atoms with Gasteiger partial charge < -0.3 is 10.2 Å². The predicted octanol–water partition coefficient (Wildman–Crippen LogP) is 0.948. The first-order valence-electron chi connectivity index (χ1n) is 8.63. The topological polar surface area (TPSA) is 66.3 Å². The molecule has 2 aliphatic heterocycles.